The van der Waals surface area contributed by atoms with Gasteiger partial charge in [-0.1, -0.05) is 6.07 Å². The number of nitrogens with one attached hydrogen (secondary N) is 2. The molecule has 6 heteroatoms. The van der Waals surface area contributed by atoms with E-state index in [1.165, 1.54) is 0 Å². The van der Waals surface area contributed by atoms with E-state index in [0.717, 1.165) is 6.54 Å². The molecule has 0 saturated heterocycles. The highest BCUT2D eigenvalue weighted by Crippen LogP contribution is 2.32. The Hall–Kier alpha value is -1.82. The lowest BCUT2D eigenvalue weighted by molar-refractivity contribution is -0.383. The molecule has 0 saturated carbocycles. The van der Waals surface area contributed by atoms with Crippen molar-refractivity contribution < 1.29 is 4.92 Å². The zero-order valence-corrected chi connectivity index (χ0v) is 10.4. The van der Waals surface area contributed by atoms with Crippen molar-refractivity contribution in [3.05, 3.63) is 28.3 Å². The van der Waals surface area contributed by atoms with E-state index in [1.807, 2.05) is 19.0 Å². The fourth-order valence-electron chi connectivity index (χ4n) is 1.50. The van der Waals surface area contributed by atoms with Crippen LogP contribution >= 0.6 is 0 Å². The minimum Gasteiger partial charge on any atom is -0.382 e. The summed E-state index contributed by atoms with van der Waals surface area (Å²) in [6.07, 6.45) is 0. The maximum Gasteiger partial charge on any atom is 0.315 e. The van der Waals surface area contributed by atoms with Crippen LogP contribution in [0.25, 0.3) is 0 Å². The Morgan fingerprint density at radius 3 is 2.53 bits per heavy atom. The molecule has 0 atom stereocenters. The molecule has 1 aromatic carbocycles. The van der Waals surface area contributed by atoms with E-state index in [4.69, 9.17) is 0 Å². The molecule has 0 unspecified atom stereocenters. The van der Waals surface area contributed by atoms with Gasteiger partial charge < -0.3 is 15.5 Å². The molecule has 6 nitrogen and oxygen atoms in total. The van der Waals surface area contributed by atoms with Gasteiger partial charge in [-0.15, -0.1) is 0 Å². The lowest BCUT2D eigenvalue weighted by Crippen LogP contribution is -2.21. The van der Waals surface area contributed by atoms with Gasteiger partial charge in [-0.2, -0.15) is 0 Å². The van der Waals surface area contributed by atoms with Crippen molar-refractivity contribution in [2.45, 2.75) is 0 Å². The molecule has 2 N–H and O–H groups in total. The van der Waals surface area contributed by atoms with Gasteiger partial charge in [0.1, 0.15) is 11.4 Å². The van der Waals surface area contributed by atoms with Gasteiger partial charge in [0.15, 0.2) is 0 Å². The Morgan fingerprint density at radius 2 is 2.00 bits per heavy atom. The maximum absolute atomic E-state index is 11.0. The Bertz CT molecular complexity index is 393. The van der Waals surface area contributed by atoms with Crippen LogP contribution in [0.2, 0.25) is 0 Å². The number of nitro groups is 1. The number of nitro benzene ring substituents is 1. The highest BCUT2D eigenvalue weighted by Gasteiger charge is 2.18. The monoisotopic (exact) mass is 238 g/mol. The first-order valence-electron chi connectivity index (χ1n) is 5.40. The Morgan fingerprint density at radius 1 is 1.35 bits per heavy atom. The summed E-state index contributed by atoms with van der Waals surface area (Å²) >= 11 is 0. The van der Waals surface area contributed by atoms with Crippen molar-refractivity contribution in [2.75, 3.05) is 44.9 Å². The SMILES string of the molecule is CNc1cccc(NCCN(C)C)c1[N+](=O)[O-]. The first-order valence-corrected chi connectivity index (χ1v) is 5.40. The highest BCUT2D eigenvalue weighted by molar-refractivity contribution is 5.75. The summed E-state index contributed by atoms with van der Waals surface area (Å²) in [6, 6.07) is 5.20. The standard InChI is InChI=1S/C11H18N4O2/c1-12-9-5-4-6-10(11(9)15(16)17)13-7-8-14(2)3/h4-6,12-13H,7-8H2,1-3H3. The van der Waals surface area contributed by atoms with E-state index in [1.54, 1.807) is 25.2 Å². The zero-order chi connectivity index (χ0) is 12.8. The molecular formula is C11H18N4O2. The molecule has 1 rings (SSSR count). The molecule has 0 amide bonds. The van der Waals surface area contributed by atoms with E-state index in [2.05, 4.69) is 10.6 Å². The van der Waals surface area contributed by atoms with E-state index in [9.17, 15) is 10.1 Å². The molecule has 0 aliphatic heterocycles. The summed E-state index contributed by atoms with van der Waals surface area (Å²) in [5.74, 6) is 0. The highest BCUT2D eigenvalue weighted by atomic mass is 16.6. The van der Waals surface area contributed by atoms with Crippen molar-refractivity contribution in [3.8, 4) is 0 Å². The number of hydrogen-bond donors (Lipinski definition) is 2. The molecule has 1 aromatic rings. The zero-order valence-electron chi connectivity index (χ0n) is 10.4. The van der Waals surface area contributed by atoms with E-state index in [0.29, 0.717) is 17.9 Å². The second-order valence-electron chi connectivity index (χ2n) is 3.94. The third-order valence-electron chi connectivity index (χ3n) is 2.36. The van der Waals surface area contributed by atoms with Gasteiger partial charge in [0, 0.05) is 20.1 Å². The molecule has 17 heavy (non-hydrogen) atoms. The summed E-state index contributed by atoms with van der Waals surface area (Å²) in [6.45, 7) is 1.49. The van der Waals surface area contributed by atoms with Crippen molar-refractivity contribution in [2.24, 2.45) is 0 Å². The fraction of sp³-hybridized carbons (Fsp3) is 0.455. The number of nitrogens with zero attached hydrogens (tertiary/aromatic N) is 2. The van der Waals surface area contributed by atoms with Gasteiger partial charge in [-0.25, -0.2) is 0 Å². The average molecular weight is 238 g/mol. The summed E-state index contributed by atoms with van der Waals surface area (Å²) in [5, 5.41) is 16.9. The van der Waals surface area contributed by atoms with Crippen molar-refractivity contribution >= 4 is 17.1 Å². The summed E-state index contributed by atoms with van der Waals surface area (Å²) in [7, 11) is 5.59. The van der Waals surface area contributed by atoms with Gasteiger partial charge >= 0.3 is 5.69 Å². The van der Waals surface area contributed by atoms with Crippen LogP contribution in [-0.4, -0.2) is 44.1 Å². The van der Waals surface area contributed by atoms with E-state index < -0.39 is 0 Å². The van der Waals surface area contributed by atoms with Gasteiger partial charge in [0.05, 0.1) is 4.92 Å². The van der Waals surface area contributed by atoms with Crippen LogP contribution in [0.1, 0.15) is 0 Å². The summed E-state index contributed by atoms with van der Waals surface area (Å²) < 4.78 is 0. The predicted octanol–water partition coefficient (Wildman–Crippen LogP) is 1.61. The number of hydrogen-bond acceptors (Lipinski definition) is 5. The third-order valence-corrected chi connectivity index (χ3v) is 2.36. The van der Waals surface area contributed by atoms with Crippen molar-refractivity contribution in [1.29, 1.82) is 0 Å². The molecular weight excluding hydrogens is 220 g/mol. The second kappa shape index (κ2) is 6.05. The van der Waals surface area contributed by atoms with Gasteiger partial charge in [0.25, 0.3) is 0 Å². The second-order valence-corrected chi connectivity index (χ2v) is 3.94. The van der Waals surface area contributed by atoms with Crippen LogP contribution in [0.3, 0.4) is 0 Å². The van der Waals surface area contributed by atoms with Crippen LogP contribution < -0.4 is 10.6 Å². The fourth-order valence-corrected chi connectivity index (χ4v) is 1.50. The van der Waals surface area contributed by atoms with Crippen LogP contribution in [0.5, 0.6) is 0 Å². The van der Waals surface area contributed by atoms with Crippen LogP contribution in [0, 0.1) is 10.1 Å². The summed E-state index contributed by atoms with van der Waals surface area (Å²) in [4.78, 5) is 12.7. The molecule has 0 bridgehead atoms. The number of anilines is 2. The Kier molecular flexibility index (Phi) is 4.71. The Labute approximate surface area is 101 Å². The van der Waals surface area contributed by atoms with Crippen LogP contribution in [-0.2, 0) is 0 Å². The lowest BCUT2D eigenvalue weighted by Gasteiger charge is -2.12. The molecule has 0 spiro atoms. The molecule has 94 valence electrons. The topological polar surface area (TPSA) is 70.4 Å². The first kappa shape index (κ1) is 13.2. The van der Waals surface area contributed by atoms with Crippen molar-refractivity contribution in [1.82, 2.24) is 4.90 Å². The van der Waals surface area contributed by atoms with Crippen molar-refractivity contribution in [3.63, 3.8) is 0 Å². The largest absolute Gasteiger partial charge is 0.382 e. The Balaban J connectivity index is 2.87. The minimum absolute atomic E-state index is 0.0914. The van der Waals surface area contributed by atoms with Gasteiger partial charge in [-0.05, 0) is 26.2 Å². The van der Waals surface area contributed by atoms with Gasteiger partial charge in [0.2, 0.25) is 0 Å². The molecule has 0 fully saturated rings. The first-order chi connectivity index (χ1) is 8.06. The third kappa shape index (κ3) is 3.60. The summed E-state index contributed by atoms with van der Waals surface area (Å²) in [5.41, 5.74) is 1.15. The lowest BCUT2D eigenvalue weighted by atomic mass is 10.2. The number of rotatable bonds is 6. The maximum atomic E-state index is 11.0. The molecule has 0 aliphatic rings. The predicted molar refractivity (Wildman–Crippen MR) is 69.7 cm³/mol. The molecule has 0 aromatic heterocycles. The number of benzene rings is 1. The normalized spacial score (nSPS) is 10.4. The molecule has 0 radical (unpaired) electrons. The molecule has 0 heterocycles. The van der Waals surface area contributed by atoms with Crippen LogP contribution in [0.4, 0.5) is 17.1 Å². The number of likely N-dealkylation sites (N-methyl/N-ethyl adjacent to an activating group) is 1. The quantitative estimate of drug-likeness (QED) is 0.582. The average Bonchev–Trinajstić information content (AvgIpc) is 2.27. The van der Waals surface area contributed by atoms with Crippen LogP contribution in [0.15, 0.2) is 18.2 Å². The number of para-hydroxylation sites is 1. The smallest absolute Gasteiger partial charge is 0.315 e. The molecule has 0 aliphatic carbocycles. The minimum atomic E-state index is -0.371. The van der Waals surface area contributed by atoms with Gasteiger partial charge in [-0.3, -0.25) is 10.1 Å². The van der Waals surface area contributed by atoms with E-state index >= 15 is 0 Å². The van der Waals surface area contributed by atoms with E-state index in [-0.39, 0.29) is 10.6 Å².